The van der Waals surface area contributed by atoms with Gasteiger partial charge in [-0.25, -0.2) is 0 Å². The van der Waals surface area contributed by atoms with Gasteiger partial charge in [0.15, 0.2) is 0 Å². The second-order valence-corrected chi connectivity index (χ2v) is 4.68. The second kappa shape index (κ2) is 3.97. The topological polar surface area (TPSA) is 24.9 Å². The first kappa shape index (κ1) is 10.3. The first-order valence-electron chi connectivity index (χ1n) is 4.32. The molecule has 0 unspecified atom stereocenters. The SMILES string of the molecule is CC(C)(C)CNc1cnccc1Cl. The zero-order valence-electron chi connectivity index (χ0n) is 8.26. The molecule has 1 aromatic heterocycles. The summed E-state index contributed by atoms with van der Waals surface area (Å²) in [7, 11) is 0. The molecule has 1 rings (SSSR count). The van der Waals surface area contributed by atoms with E-state index in [0.717, 1.165) is 17.3 Å². The van der Waals surface area contributed by atoms with E-state index in [0.29, 0.717) is 0 Å². The smallest absolute Gasteiger partial charge is 0.0716 e. The largest absolute Gasteiger partial charge is 0.382 e. The van der Waals surface area contributed by atoms with Crippen molar-refractivity contribution in [1.82, 2.24) is 4.98 Å². The van der Waals surface area contributed by atoms with E-state index in [9.17, 15) is 0 Å². The molecule has 13 heavy (non-hydrogen) atoms. The molecule has 2 nitrogen and oxygen atoms in total. The molecule has 0 spiro atoms. The van der Waals surface area contributed by atoms with Crippen molar-refractivity contribution in [3.05, 3.63) is 23.5 Å². The molecule has 0 aliphatic heterocycles. The van der Waals surface area contributed by atoms with E-state index < -0.39 is 0 Å². The molecule has 72 valence electrons. The predicted octanol–water partition coefficient (Wildman–Crippen LogP) is 3.19. The van der Waals surface area contributed by atoms with E-state index in [-0.39, 0.29) is 5.41 Å². The molecular weight excluding hydrogens is 184 g/mol. The zero-order valence-corrected chi connectivity index (χ0v) is 9.02. The minimum absolute atomic E-state index is 0.249. The zero-order chi connectivity index (χ0) is 9.90. The summed E-state index contributed by atoms with van der Waals surface area (Å²) in [4.78, 5) is 4.00. The number of rotatable bonds is 2. The number of nitrogens with one attached hydrogen (secondary N) is 1. The lowest BCUT2D eigenvalue weighted by molar-refractivity contribution is 0.443. The van der Waals surface area contributed by atoms with Gasteiger partial charge >= 0.3 is 0 Å². The van der Waals surface area contributed by atoms with Crippen molar-refractivity contribution in [2.24, 2.45) is 5.41 Å². The molecule has 3 heteroatoms. The van der Waals surface area contributed by atoms with Crippen LogP contribution >= 0.6 is 11.6 Å². The van der Waals surface area contributed by atoms with E-state index in [1.54, 1.807) is 18.5 Å². The van der Waals surface area contributed by atoms with Crippen LogP contribution in [0, 0.1) is 5.41 Å². The van der Waals surface area contributed by atoms with Crippen molar-refractivity contribution in [3.8, 4) is 0 Å². The number of halogens is 1. The van der Waals surface area contributed by atoms with Crippen LogP contribution < -0.4 is 5.32 Å². The van der Waals surface area contributed by atoms with E-state index >= 15 is 0 Å². The maximum atomic E-state index is 5.95. The fraction of sp³-hybridized carbons (Fsp3) is 0.500. The molecule has 0 atom stereocenters. The molecule has 1 aromatic rings. The van der Waals surface area contributed by atoms with Crippen LogP contribution in [0.3, 0.4) is 0 Å². The van der Waals surface area contributed by atoms with Crippen LogP contribution in [-0.2, 0) is 0 Å². The van der Waals surface area contributed by atoms with Crippen LogP contribution in [0.4, 0.5) is 5.69 Å². The number of anilines is 1. The first-order chi connectivity index (χ1) is 5.99. The third kappa shape index (κ3) is 3.64. The van der Waals surface area contributed by atoms with Gasteiger partial charge in [0, 0.05) is 12.7 Å². The number of aromatic nitrogens is 1. The van der Waals surface area contributed by atoms with Gasteiger partial charge in [0.25, 0.3) is 0 Å². The maximum Gasteiger partial charge on any atom is 0.0716 e. The Balaban J connectivity index is 2.60. The van der Waals surface area contributed by atoms with Crippen molar-refractivity contribution >= 4 is 17.3 Å². The molecule has 0 aliphatic carbocycles. The van der Waals surface area contributed by atoms with Crippen molar-refractivity contribution in [2.75, 3.05) is 11.9 Å². The monoisotopic (exact) mass is 198 g/mol. The van der Waals surface area contributed by atoms with E-state index in [1.165, 1.54) is 0 Å². The third-order valence-corrected chi connectivity index (χ3v) is 1.91. The lowest BCUT2D eigenvalue weighted by Crippen LogP contribution is -2.19. The van der Waals surface area contributed by atoms with Crippen LogP contribution in [0.2, 0.25) is 5.02 Å². The highest BCUT2D eigenvalue weighted by atomic mass is 35.5. The van der Waals surface area contributed by atoms with Gasteiger partial charge in [0.1, 0.15) is 0 Å². The van der Waals surface area contributed by atoms with Gasteiger partial charge in [-0.3, -0.25) is 4.98 Å². The molecular formula is C10H15ClN2. The summed E-state index contributed by atoms with van der Waals surface area (Å²) in [5.41, 5.74) is 1.15. The highest BCUT2D eigenvalue weighted by Crippen LogP contribution is 2.21. The Hall–Kier alpha value is -0.760. The summed E-state index contributed by atoms with van der Waals surface area (Å²) < 4.78 is 0. The fourth-order valence-corrected chi connectivity index (χ4v) is 1.04. The number of pyridine rings is 1. The van der Waals surface area contributed by atoms with E-state index in [4.69, 9.17) is 11.6 Å². The molecule has 0 fully saturated rings. The van der Waals surface area contributed by atoms with E-state index in [2.05, 4.69) is 31.1 Å². The van der Waals surface area contributed by atoms with Crippen LogP contribution in [-0.4, -0.2) is 11.5 Å². The quantitative estimate of drug-likeness (QED) is 0.790. The summed E-state index contributed by atoms with van der Waals surface area (Å²) in [5, 5.41) is 3.98. The lowest BCUT2D eigenvalue weighted by Gasteiger charge is -2.19. The van der Waals surface area contributed by atoms with Crippen LogP contribution in [0.25, 0.3) is 0 Å². The second-order valence-electron chi connectivity index (χ2n) is 4.27. The van der Waals surface area contributed by atoms with Gasteiger partial charge < -0.3 is 5.32 Å². The molecule has 0 aromatic carbocycles. The molecule has 0 bridgehead atoms. The third-order valence-electron chi connectivity index (χ3n) is 1.58. The Kier molecular flexibility index (Phi) is 3.15. The number of hydrogen-bond donors (Lipinski definition) is 1. The van der Waals surface area contributed by atoms with Crippen molar-refractivity contribution < 1.29 is 0 Å². The molecule has 0 aliphatic rings. The van der Waals surface area contributed by atoms with Crippen molar-refractivity contribution in [3.63, 3.8) is 0 Å². The summed E-state index contributed by atoms with van der Waals surface area (Å²) in [5.74, 6) is 0. The highest BCUT2D eigenvalue weighted by Gasteiger charge is 2.10. The van der Waals surface area contributed by atoms with Crippen molar-refractivity contribution in [2.45, 2.75) is 20.8 Å². The fourth-order valence-electron chi connectivity index (χ4n) is 0.868. The lowest BCUT2D eigenvalue weighted by atomic mass is 9.97. The van der Waals surface area contributed by atoms with Gasteiger partial charge in [-0.2, -0.15) is 0 Å². The van der Waals surface area contributed by atoms with Crippen LogP contribution in [0.15, 0.2) is 18.5 Å². The Labute approximate surface area is 84.3 Å². The summed E-state index contributed by atoms with van der Waals surface area (Å²) in [6.07, 6.45) is 3.43. The highest BCUT2D eigenvalue weighted by molar-refractivity contribution is 6.33. The number of hydrogen-bond acceptors (Lipinski definition) is 2. The normalized spacial score (nSPS) is 11.4. The molecule has 1 heterocycles. The summed E-state index contributed by atoms with van der Waals surface area (Å²) in [6, 6.07) is 1.78. The molecule has 1 N–H and O–H groups in total. The average Bonchev–Trinajstić information content (AvgIpc) is 2.01. The van der Waals surface area contributed by atoms with Crippen molar-refractivity contribution in [1.29, 1.82) is 0 Å². The van der Waals surface area contributed by atoms with E-state index in [1.807, 2.05) is 0 Å². The molecule has 0 amide bonds. The Morgan fingerprint density at radius 3 is 2.69 bits per heavy atom. The summed E-state index contributed by atoms with van der Waals surface area (Å²) in [6.45, 7) is 7.40. The van der Waals surface area contributed by atoms with Crippen LogP contribution in [0.5, 0.6) is 0 Å². The Bertz CT molecular complexity index is 278. The minimum Gasteiger partial charge on any atom is -0.382 e. The molecule has 0 saturated heterocycles. The maximum absolute atomic E-state index is 5.95. The molecule has 0 radical (unpaired) electrons. The molecule has 0 saturated carbocycles. The Morgan fingerprint density at radius 1 is 1.46 bits per heavy atom. The van der Waals surface area contributed by atoms with Gasteiger partial charge in [-0.05, 0) is 11.5 Å². The Morgan fingerprint density at radius 2 is 2.15 bits per heavy atom. The standard InChI is InChI=1S/C10H15ClN2/c1-10(2,3)7-13-9-6-12-5-4-8(9)11/h4-6,13H,7H2,1-3H3. The van der Waals surface area contributed by atoms with Gasteiger partial charge in [0.2, 0.25) is 0 Å². The number of nitrogens with zero attached hydrogens (tertiary/aromatic N) is 1. The van der Waals surface area contributed by atoms with Gasteiger partial charge in [0.05, 0.1) is 16.9 Å². The van der Waals surface area contributed by atoms with Gasteiger partial charge in [-0.15, -0.1) is 0 Å². The van der Waals surface area contributed by atoms with Gasteiger partial charge in [-0.1, -0.05) is 32.4 Å². The average molecular weight is 199 g/mol. The summed E-state index contributed by atoms with van der Waals surface area (Å²) >= 11 is 5.95. The minimum atomic E-state index is 0.249. The predicted molar refractivity (Wildman–Crippen MR) is 57.2 cm³/mol. The first-order valence-corrected chi connectivity index (χ1v) is 4.70. The van der Waals surface area contributed by atoms with Crippen LogP contribution in [0.1, 0.15) is 20.8 Å².